The molecule has 0 aliphatic heterocycles. The minimum absolute atomic E-state index is 0.0734. The van der Waals surface area contributed by atoms with Crippen LogP contribution in [0.25, 0.3) is 0 Å². The molecule has 0 bridgehead atoms. The Morgan fingerprint density at radius 2 is 1.85 bits per heavy atom. The van der Waals surface area contributed by atoms with E-state index in [1.807, 2.05) is 49.4 Å². The first kappa shape index (κ1) is 20.1. The quantitative estimate of drug-likeness (QED) is 0.763. The largest absolute Gasteiger partial charge is 0.395 e. The molecule has 0 atom stereocenters. The van der Waals surface area contributed by atoms with E-state index in [0.717, 1.165) is 16.7 Å². The number of carbonyl (C=O) groups excluding carboxylic acids is 1. The highest BCUT2D eigenvalue weighted by Gasteiger charge is 2.18. The lowest BCUT2D eigenvalue weighted by atomic mass is 9.97. The Balaban J connectivity index is 2.16. The molecule has 0 unspecified atom stereocenters. The van der Waals surface area contributed by atoms with E-state index < -0.39 is 5.60 Å². The number of hydrogen-bond donors (Lipinski definition) is 2. The Morgan fingerprint density at radius 1 is 1.12 bits per heavy atom. The summed E-state index contributed by atoms with van der Waals surface area (Å²) in [5.74, 6) is -0.0904. The van der Waals surface area contributed by atoms with E-state index in [0.29, 0.717) is 31.5 Å². The van der Waals surface area contributed by atoms with Crippen molar-refractivity contribution in [1.29, 1.82) is 0 Å². The lowest BCUT2D eigenvalue weighted by Gasteiger charge is -2.23. The highest BCUT2D eigenvalue weighted by molar-refractivity contribution is 5.94. The molecule has 0 heterocycles. The topological polar surface area (TPSA) is 60.8 Å². The van der Waals surface area contributed by atoms with Crippen molar-refractivity contribution in [1.82, 2.24) is 4.90 Å². The first-order valence-electron chi connectivity index (χ1n) is 9.06. The third kappa shape index (κ3) is 5.97. The number of aliphatic hydroxyl groups is 2. The molecule has 0 aliphatic rings. The van der Waals surface area contributed by atoms with Gasteiger partial charge in [-0.3, -0.25) is 4.79 Å². The minimum atomic E-state index is -0.728. The monoisotopic (exact) mass is 355 g/mol. The molecular formula is C22H29NO3. The van der Waals surface area contributed by atoms with Crippen LogP contribution in [0.5, 0.6) is 0 Å². The van der Waals surface area contributed by atoms with Gasteiger partial charge in [-0.1, -0.05) is 36.4 Å². The third-order valence-electron chi connectivity index (χ3n) is 4.48. The van der Waals surface area contributed by atoms with Gasteiger partial charge in [-0.2, -0.15) is 0 Å². The zero-order chi connectivity index (χ0) is 19.2. The maximum atomic E-state index is 13.0. The van der Waals surface area contributed by atoms with Crippen LogP contribution >= 0.6 is 0 Å². The molecule has 4 nitrogen and oxygen atoms in total. The van der Waals surface area contributed by atoms with Crippen molar-refractivity contribution in [3.8, 4) is 0 Å². The predicted molar refractivity (Wildman–Crippen MR) is 104 cm³/mol. The van der Waals surface area contributed by atoms with Crippen LogP contribution in [0.2, 0.25) is 0 Å². The van der Waals surface area contributed by atoms with E-state index in [-0.39, 0.29) is 12.5 Å². The molecule has 0 fully saturated rings. The molecule has 1 amide bonds. The number of amides is 1. The summed E-state index contributed by atoms with van der Waals surface area (Å²) >= 11 is 0. The van der Waals surface area contributed by atoms with E-state index in [1.165, 1.54) is 0 Å². The molecule has 0 radical (unpaired) electrons. The van der Waals surface area contributed by atoms with Gasteiger partial charge in [-0.25, -0.2) is 0 Å². The van der Waals surface area contributed by atoms with Gasteiger partial charge in [0.15, 0.2) is 0 Å². The number of hydrogen-bond acceptors (Lipinski definition) is 3. The standard InChI is InChI=1S/C22H29NO3/c1-17-7-4-5-9-20(17)16-23(13-14-24)21(25)19-10-6-8-18(15-19)11-12-22(2,3)26/h4-10,15,24,26H,11-14,16H2,1-3H3. The Morgan fingerprint density at radius 3 is 2.50 bits per heavy atom. The maximum Gasteiger partial charge on any atom is 0.254 e. The van der Waals surface area contributed by atoms with Crippen molar-refractivity contribution in [3.63, 3.8) is 0 Å². The zero-order valence-electron chi connectivity index (χ0n) is 15.9. The van der Waals surface area contributed by atoms with Crippen LogP contribution in [0, 0.1) is 6.92 Å². The summed E-state index contributed by atoms with van der Waals surface area (Å²) in [5, 5.41) is 19.3. The molecule has 140 valence electrons. The summed E-state index contributed by atoms with van der Waals surface area (Å²) in [4.78, 5) is 14.6. The Bertz CT molecular complexity index is 734. The number of nitrogens with zero attached hydrogens (tertiary/aromatic N) is 1. The summed E-state index contributed by atoms with van der Waals surface area (Å²) in [7, 11) is 0. The average Bonchev–Trinajstić information content (AvgIpc) is 2.60. The molecule has 0 aromatic heterocycles. The Hall–Kier alpha value is -2.17. The lowest BCUT2D eigenvalue weighted by Crippen LogP contribution is -2.33. The first-order chi connectivity index (χ1) is 12.3. The summed E-state index contributed by atoms with van der Waals surface area (Å²) in [6.45, 7) is 6.28. The maximum absolute atomic E-state index is 13.0. The number of carbonyl (C=O) groups is 1. The van der Waals surface area contributed by atoms with Crippen molar-refractivity contribution in [2.24, 2.45) is 0 Å². The summed E-state index contributed by atoms with van der Waals surface area (Å²) < 4.78 is 0. The lowest BCUT2D eigenvalue weighted by molar-refractivity contribution is 0.0707. The van der Waals surface area contributed by atoms with E-state index in [2.05, 4.69) is 0 Å². The molecule has 0 spiro atoms. The van der Waals surface area contributed by atoms with Crippen LogP contribution in [0.15, 0.2) is 48.5 Å². The SMILES string of the molecule is Cc1ccccc1CN(CCO)C(=O)c1cccc(CCC(C)(C)O)c1. The predicted octanol–water partition coefficient (Wildman–Crippen LogP) is 3.33. The average molecular weight is 355 g/mol. The minimum Gasteiger partial charge on any atom is -0.395 e. The molecule has 0 saturated heterocycles. The van der Waals surface area contributed by atoms with E-state index in [1.54, 1.807) is 24.8 Å². The molecule has 2 aromatic carbocycles. The van der Waals surface area contributed by atoms with Crippen molar-refractivity contribution in [2.45, 2.75) is 45.8 Å². The zero-order valence-corrected chi connectivity index (χ0v) is 15.9. The van der Waals surface area contributed by atoms with Gasteiger partial charge in [0.2, 0.25) is 0 Å². The van der Waals surface area contributed by atoms with Crippen LogP contribution in [0.1, 0.15) is 47.3 Å². The van der Waals surface area contributed by atoms with E-state index >= 15 is 0 Å². The van der Waals surface area contributed by atoms with Gasteiger partial charge in [0.05, 0.1) is 12.2 Å². The van der Waals surface area contributed by atoms with Gasteiger partial charge in [-0.15, -0.1) is 0 Å². The molecule has 26 heavy (non-hydrogen) atoms. The van der Waals surface area contributed by atoms with Gasteiger partial charge in [0, 0.05) is 18.7 Å². The first-order valence-corrected chi connectivity index (χ1v) is 9.06. The molecule has 2 rings (SSSR count). The number of aliphatic hydroxyl groups excluding tert-OH is 1. The number of aryl methyl sites for hydroxylation is 2. The second kappa shape index (κ2) is 8.97. The van der Waals surface area contributed by atoms with Crippen molar-refractivity contribution in [3.05, 3.63) is 70.8 Å². The van der Waals surface area contributed by atoms with Gasteiger partial charge in [-0.05, 0) is 62.4 Å². The van der Waals surface area contributed by atoms with Gasteiger partial charge < -0.3 is 15.1 Å². The number of benzene rings is 2. The Labute approximate surface area is 156 Å². The van der Waals surface area contributed by atoms with Crippen molar-refractivity contribution in [2.75, 3.05) is 13.2 Å². The van der Waals surface area contributed by atoms with Crippen molar-refractivity contribution >= 4 is 5.91 Å². The van der Waals surface area contributed by atoms with E-state index in [9.17, 15) is 15.0 Å². The summed E-state index contributed by atoms with van der Waals surface area (Å²) in [6.07, 6.45) is 1.34. The molecule has 4 heteroatoms. The van der Waals surface area contributed by atoms with Crippen LogP contribution < -0.4 is 0 Å². The second-order valence-electron chi connectivity index (χ2n) is 7.39. The molecular weight excluding hydrogens is 326 g/mol. The fraction of sp³-hybridized carbons (Fsp3) is 0.409. The van der Waals surface area contributed by atoms with Gasteiger partial charge in [0.1, 0.15) is 0 Å². The molecule has 0 saturated carbocycles. The fourth-order valence-electron chi connectivity index (χ4n) is 2.86. The van der Waals surface area contributed by atoms with Crippen LogP contribution in [-0.2, 0) is 13.0 Å². The van der Waals surface area contributed by atoms with Crippen LogP contribution in [0.4, 0.5) is 0 Å². The highest BCUT2D eigenvalue weighted by Crippen LogP contribution is 2.17. The third-order valence-corrected chi connectivity index (χ3v) is 4.48. The Kier molecular flexibility index (Phi) is 6.95. The van der Waals surface area contributed by atoms with Gasteiger partial charge >= 0.3 is 0 Å². The smallest absolute Gasteiger partial charge is 0.254 e. The molecule has 0 aliphatic carbocycles. The fourth-order valence-corrected chi connectivity index (χ4v) is 2.86. The summed E-state index contributed by atoms with van der Waals surface area (Å²) in [6, 6.07) is 15.5. The van der Waals surface area contributed by atoms with Crippen LogP contribution in [-0.4, -0.2) is 39.8 Å². The molecule has 2 aromatic rings. The van der Waals surface area contributed by atoms with E-state index in [4.69, 9.17) is 0 Å². The van der Waals surface area contributed by atoms with Crippen LogP contribution in [0.3, 0.4) is 0 Å². The van der Waals surface area contributed by atoms with Crippen molar-refractivity contribution < 1.29 is 15.0 Å². The molecule has 2 N–H and O–H groups in total. The normalized spacial score (nSPS) is 11.4. The number of rotatable bonds is 8. The highest BCUT2D eigenvalue weighted by atomic mass is 16.3. The second-order valence-corrected chi connectivity index (χ2v) is 7.39. The summed E-state index contributed by atoms with van der Waals surface area (Å²) in [5.41, 5.74) is 3.11. The van der Waals surface area contributed by atoms with Gasteiger partial charge in [0.25, 0.3) is 5.91 Å².